The third kappa shape index (κ3) is 4.89. The molecule has 1 aromatic carbocycles. The Bertz CT molecular complexity index is 387. The number of halogens is 1. The first kappa shape index (κ1) is 16.0. The van der Waals surface area contributed by atoms with Gasteiger partial charge in [0.15, 0.2) is 0 Å². The van der Waals surface area contributed by atoms with Gasteiger partial charge in [-0.05, 0) is 49.8 Å². The van der Waals surface area contributed by atoms with Crippen LogP contribution in [-0.4, -0.2) is 6.04 Å². The molecule has 0 aromatic heterocycles. The van der Waals surface area contributed by atoms with Crippen LogP contribution in [-0.2, 0) is 0 Å². The summed E-state index contributed by atoms with van der Waals surface area (Å²) in [4.78, 5) is 0. The van der Waals surface area contributed by atoms with Crippen LogP contribution in [0.1, 0.15) is 70.4 Å². The Hall–Kier alpha value is -0.340. The molecule has 3 atom stereocenters. The molecule has 3 unspecified atom stereocenters. The van der Waals surface area contributed by atoms with E-state index in [2.05, 4.69) is 59.4 Å². The lowest BCUT2D eigenvalue weighted by molar-refractivity contribution is 0.393. The Morgan fingerprint density at radius 3 is 2.60 bits per heavy atom. The summed E-state index contributed by atoms with van der Waals surface area (Å²) in [5.41, 5.74) is 1.39. The Morgan fingerprint density at radius 2 is 1.90 bits per heavy atom. The van der Waals surface area contributed by atoms with Crippen LogP contribution in [0.5, 0.6) is 0 Å². The standard InChI is InChI=1S/C18H28BrN/c1-3-5-15-6-4-7-18(13-8-15)20-14(2)16-9-11-17(19)12-10-16/h9-12,14-15,18,20H,3-8,13H2,1-2H3. The van der Waals surface area contributed by atoms with Crippen molar-refractivity contribution in [2.24, 2.45) is 5.92 Å². The van der Waals surface area contributed by atoms with Crippen molar-refractivity contribution in [3.63, 3.8) is 0 Å². The number of benzene rings is 1. The van der Waals surface area contributed by atoms with Crippen molar-refractivity contribution in [3.05, 3.63) is 34.3 Å². The van der Waals surface area contributed by atoms with E-state index < -0.39 is 0 Å². The van der Waals surface area contributed by atoms with Gasteiger partial charge in [0.05, 0.1) is 0 Å². The highest BCUT2D eigenvalue weighted by Gasteiger charge is 2.19. The van der Waals surface area contributed by atoms with Crippen LogP contribution in [0.4, 0.5) is 0 Å². The lowest BCUT2D eigenvalue weighted by Crippen LogP contribution is -2.31. The third-order valence-electron chi connectivity index (χ3n) is 4.64. The highest BCUT2D eigenvalue weighted by Crippen LogP contribution is 2.28. The summed E-state index contributed by atoms with van der Waals surface area (Å²) in [6.45, 7) is 4.61. The van der Waals surface area contributed by atoms with Gasteiger partial charge in [-0.25, -0.2) is 0 Å². The number of hydrogen-bond donors (Lipinski definition) is 1. The minimum atomic E-state index is 0.454. The molecule has 1 aliphatic rings. The minimum absolute atomic E-state index is 0.454. The minimum Gasteiger partial charge on any atom is -0.307 e. The molecule has 2 heteroatoms. The molecule has 20 heavy (non-hydrogen) atoms. The molecule has 112 valence electrons. The van der Waals surface area contributed by atoms with Gasteiger partial charge in [-0.1, -0.05) is 60.7 Å². The molecule has 2 rings (SSSR count). The topological polar surface area (TPSA) is 12.0 Å². The molecule has 1 nitrogen and oxygen atoms in total. The van der Waals surface area contributed by atoms with Crippen LogP contribution in [0.3, 0.4) is 0 Å². The molecule has 1 fully saturated rings. The smallest absolute Gasteiger partial charge is 0.0294 e. The van der Waals surface area contributed by atoms with Gasteiger partial charge in [0.1, 0.15) is 0 Å². The summed E-state index contributed by atoms with van der Waals surface area (Å²) in [6, 6.07) is 9.87. The Balaban J connectivity index is 1.85. The van der Waals surface area contributed by atoms with Gasteiger partial charge in [-0.15, -0.1) is 0 Å². The van der Waals surface area contributed by atoms with E-state index in [1.165, 1.54) is 50.5 Å². The fourth-order valence-electron chi connectivity index (χ4n) is 3.44. The normalized spacial score (nSPS) is 25.1. The first-order chi connectivity index (χ1) is 9.69. The maximum absolute atomic E-state index is 3.84. The second-order valence-electron chi connectivity index (χ2n) is 6.30. The quantitative estimate of drug-likeness (QED) is 0.664. The van der Waals surface area contributed by atoms with Gasteiger partial charge >= 0.3 is 0 Å². The van der Waals surface area contributed by atoms with Crippen LogP contribution < -0.4 is 5.32 Å². The number of nitrogens with one attached hydrogen (secondary N) is 1. The monoisotopic (exact) mass is 337 g/mol. The Morgan fingerprint density at radius 1 is 1.15 bits per heavy atom. The molecular formula is C18H28BrN. The lowest BCUT2D eigenvalue weighted by Gasteiger charge is -2.22. The Kier molecular flexibility index (Phi) is 6.57. The van der Waals surface area contributed by atoms with Crippen LogP contribution >= 0.6 is 15.9 Å². The second-order valence-corrected chi connectivity index (χ2v) is 7.22. The predicted molar refractivity (Wildman–Crippen MR) is 91.0 cm³/mol. The predicted octanol–water partition coefficient (Wildman–Crippen LogP) is 5.85. The van der Waals surface area contributed by atoms with Crippen molar-refractivity contribution in [2.75, 3.05) is 0 Å². The summed E-state index contributed by atoms with van der Waals surface area (Å²) in [5, 5.41) is 3.84. The van der Waals surface area contributed by atoms with E-state index >= 15 is 0 Å². The molecule has 1 N–H and O–H groups in total. The van der Waals surface area contributed by atoms with Crippen LogP contribution in [0.25, 0.3) is 0 Å². The summed E-state index contributed by atoms with van der Waals surface area (Å²) in [5.74, 6) is 0.981. The van der Waals surface area contributed by atoms with Gasteiger partial charge in [0, 0.05) is 16.6 Å². The highest BCUT2D eigenvalue weighted by molar-refractivity contribution is 9.10. The van der Waals surface area contributed by atoms with Gasteiger partial charge in [0.2, 0.25) is 0 Å². The van der Waals surface area contributed by atoms with Crippen LogP contribution in [0.15, 0.2) is 28.7 Å². The summed E-state index contributed by atoms with van der Waals surface area (Å²) in [6.07, 6.45) is 9.73. The van der Waals surface area contributed by atoms with E-state index in [1.54, 1.807) is 0 Å². The number of rotatable bonds is 5. The maximum Gasteiger partial charge on any atom is 0.0294 e. The molecule has 0 amide bonds. The molecule has 1 aromatic rings. The molecule has 0 spiro atoms. The van der Waals surface area contributed by atoms with Gasteiger partial charge in [-0.3, -0.25) is 0 Å². The molecule has 0 saturated heterocycles. The maximum atomic E-state index is 3.84. The second kappa shape index (κ2) is 8.19. The van der Waals surface area contributed by atoms with Crippen LogP contribution in [0, 0.1) is 5.92 Å². The van der Waals surface area contributed by atoms with Crippen molar-refractivity contribution in [1.82, 2.24) is 5.32 Å². The van der Waals surface area contributed by atoms with E-state index in [1.807, 2.05) is 0 Å². The molecule has 0 radical (unpaired) electrons. The fourth-order valence-corrected chi connectivity index (χ4v) is 3.71. The van der Waals surface area contributed by atoms with E-state index in [-0.39, 0.29) is 0 Å². The van der Waals surface area contributed by atoms with Crippen molar-refractivity contribution >= 4 is 15.9 Å². The Labute approximate surface area is 132 Å². The van der Waals surface area contributed by atoms with Gasteiger partial charge in [0.25, 0.3) is 0 Å². The van der Waals surface area contributed by atoms with Crippen LogP contribution in [0.2, 0.25) is 0 Å². The SMILES string of the molecule is CCCC1CCCC(NC(C)c2ccc(Br)cc2)CC1. The zero-order chi connectivity index (χ0) is 14.4. The van der Waals surface area contributed by atoms with Crippen molar-refractivity contribution in [2.45, 2.75) is 70.9 Å². The van der Waals surface area contributed by atoms with E-state index in [4.69, 9.17) is 0 Å². The van der Waals surface area contributed by atoms with Crippen molar-refractivity contribution in [1.29, 1.82) is 0 Å². The van der Waals surface area contributed by atoms with Gasteiger partial charge in [-0.2, -0.15) is 0 Å². The first-order valence-corrected chi connectivity index (χ1v) is 9.00. The zero-order valence-electron chi connectivity index (χ0n) is 12.9. The van der Waals surface area contributed by atoms with E-state index in [0.29, 0.717) is 12.1 Å². The summed E-state index contributed by atoms with van der Waals surface area (Å²) in [7, 11) is 0. The van der Waals surface area contributed by atoms with Gasteiger partial charge < -0.3 is 5.32 Å². The largest absolute Gasteiger partial charge is 0.307 e. The van der Waals surface area contributed by atoms with E-state index in [0.717, 1.165) is 10.4 Å². The third-order valence-corrected chi connectivity index (χ3v) is 5.17. The molecule has 1 saturated carbocycles. The molecular weight excluding hydrogens is 310 g/mol. The first-order valence-electron chi connectivity index (χ1n) is 8.20. The average Bonchev–Trinajstić information content (AvgIpc) is 2.66. The molecule has 1 aliphatic carbocycles. The number of hydrogen-bond acceptors (Lipinski definition) is 1. The van der Waals surface area contributed by atoms with Crippen molar-refractivity contribution < 1.29 is 0 Å². The summed E-state index contributed by atoms with van der Waals surface area (Å²) >= 11 is 3.50. The average molecular weight is 338 g/mol. The molecule has 0 bridgehead atoms. The summed E-state index contributed by atoms with van der Waals surface area (Å²) < 4.78 is 1.16. The van der Waals surface area contributed by atoms with Crippen molar-refractivity contribution in [3.8, 4) is 0 Å². The van der Waals surface area contributed by atoms with E-state index in [9.17, 15) is 0 Å². The molecule has 0 aliphatic heterocycles. The lowest BCUT2D eigenvalue weighted by atomic mass is 9.95. The molecule has 0 heterocycles. The highest BCUT2D eigenvalue weighted by atomic mass is 79.9. The fraction of sp³-hybridized carbons (Fsp3) is 0.667. The zero-order valence-corrected chi connectivity index (χ0v) is 14.5.